The molecule has 1 saturated heterocycles. The van der Waals surface area contributed by atoms with E-state index in [0.29, 0.717) is 50.0 Å². The van der Waals surface area contributed by atoms with Crippen LogP contribution in [0.25, 0.3) is 16.8 Å². The van der Waals surface area contributed by atoms with Gasteiger partial charge in [0.1, 0.15) is 28.5 Å². The summed E-state index contributed by atoms with van der Waals surface area (Å²) in [6.07, 6.45) is 6.90. The van der Waals surface area contributed by atoms with Gasteiger partial charge in [-0.05, 0) is 75.1 Å². The number of ether oxygens (including phenoxy) is 4. The van der Waals surface area contributed by atoms with Crippen molar-refractivity contribution in [1.29, 1.82) is 0 Å². The molecular weight excluding hydrogens is 536 g/mol. The quantitative estimate of drug-likeness (QED) is 0.147. The van der Waals surface area contributed by atoms with Crippen molar-refractivity contribution in [2.45, 2.75) is 52.1 Å². The molecule has 10 nitrogen and oxygen atoms in total. The molecule has 1 aliphatic heterocycles. The molecule has 0 bridgehead atoms. The van der Waals surface area contributed by atoms with E-state index in [0.717, 1.165) is 55.2 Å². The molecule has 1 fully saturated rings. The Morgan fingerprint density at radius 2 is 1.74 bits per heavy atom. The Kier molecular flexibility index (Phi) is 9.86. The highest BCUT2D eigenvalue weighted by Crippen LogP contribution is 2.36. The monoisotopic (exact) mass is 576 g/mol. The number of nitrogens with one attached hydrogen (secondary N) is 1. The van der Waals surface area contributed by atoms with E-state index in [2.05, 4.69) is 32.1 Å². The van der Waals surface area contributed by atoms with Crippen LogP contribution in [0.4, 0.5) is 6.01 Å². The Bertz CT molecular complexity index is 1420. The SMILES string of the molecule is CCOc1cc(CN2CCC(Nc3nc4cc(OCCCC(=O)OC)ccc4o3)CC2)cc(OCC)c1-n1cccc1. The normalized spacial score (nSPS) is 14.2. The highest BCUT2D eigenvalue weighted by atomic mass is 16.5. The van der Waals surface area contributed by atoms with Gasteiger partial charge in [0.15, 0.2) is 5.58 Å². The van der Waals surface area contributed by atoms with E-state index in [1.165, 1.54) is 12.7 Å². The van der Waals surface area contributed by atoms with Crippen molar-refractivity contribution in [3.05, 3.63) is 60.4 Å². The van der Waals surface area contributed by atoms with Gasteiger partial charge in [0.2, 0.25) is 0 Å². The minimum absolute atomic E-state index is 0.235. The number of nitrogens with zero attached hydrogens (tertiary/aromatic N) is 3. The number of aromatic nitrogens is 2. The molecule has 4 aromatic rings. The number of carbonyl (C=O) groups is 1. The van der Waals surface area contributed by atoms with Crippen molar-refractivity contribution in [2.24, 2.45) is 0 Å². The van der Waals surface area contributed by atoms with Gasteiger partial charge in [-0.15, -0.1) is 0 Å². The number of esters is 1. The summed E-state index contributed by atoms with van der Waals surface area (Å²) in [6, 6.07) is 14.7. The molecule has 0 atom stereocenters. The molecule has 0 unspecified atom stereocenters. The first-order valence-corrected chi connectivity index (χ1v) is 14.7. The van der Waals surface area contributed by atoms with Gasteiger partial charge < -0.3 is 33.2 Å². The van der Waals surface area contributed by atoms with Crippen LogP contribution in [0.5, 0.6) is 17.2 Å². The van der Waals surface area contributed by atoms with E-state index in [4.69, 9.17) is 18.6 Å². The van der Waals surface area contributed by atoms with Crippen molar-refractivity contribution in [1.82, 2.24) is 14.5 Å². The average molecular weight is 577 g/mol. The number of hydrogen-bond acceptors (Lipinski definition) is 9. The zero-order valence-corrected chi connectivity index (χ0v) is 24.6. The molecule has 2 aromatic carbocycles. The number of oxazole rings is 1. The molecule has 3 heterocycles. The number of hydrogen-bond donors (Lipinski definition) is 1. The molecule has 224 valence electrons. The van der Waals surface area contributed by atoms with E-state index in [9.17, 15) is 4.79 Å². The summed E-state index contributed by atoms with van der Waals surface area (Å²) in [5, 5.41) is 3.48. The van der Waals surface area contributed by atoms with Crippen molar-refractivity contribution < 1.29 is 28.2 Å². The molecular formula is C32H40N4O6. The fourth-order valence-corrected chi connectivity index (χ4v) is 5.23. The number of anilines is 1. The number of carbonyl (C=O) groups excluding carboxylic acids is 1. The lowest BCUT2D eigenvalue weighted by molar-refractivity contribution is -0.140. The Balaban J connectivity index is 1.16. The van der Waals surface area contributed by atoms with Gasteiger partial charge in [-0.2, -0.15) is 4.98 Å². The lowest BCUT2D eigenvalue weighted by atomic mass is 10.0. The largest absolute Gasteiger partial charge is 0.493 e. The molecule has 5 rings (SSSR count). The number of methoxy groups -OCH3 is 1. The lowest BCUT2D eigenvalue weighted by Gasteiger charge is -2.32. The average Bonchev–Trinajstić information content (AvgIpc) is 3.66. The third-order valence-electron chi connectivity index (χ3n) is 7.26. The van der Waals surface area contributed by atoms with Gasteiger partial charge in [-0.25, -0.2) is 0 Å². The van der Waals surface area contributed by atoms with Crippen LogP contribution in [-0.4, -0.2) is 66.5 Å². The molecule has 1 aliphatic rings. The molecule has 0 spiro atoms. The number of likely N-dealkylation sites (tertiary alicyclic amines) is 1. The third kappa shape index (κ3) is 7.36. The summed E-state index contributed by atoms with van der Waals surface area (Å²) < 4.78 is 30.5. The van der Waals surface area contributed by atoms with Crippen LogP contribution in [0.2, 0.25) is 0 Å². The van der Waals surface area contributed by atoms with Crippen LogP contribution in [0, 0.1) is 0 Å². The molecule has 42 heavy (non-hydrogen) atoms. The van der Waals surface area contributed by atoms with E-state index >= 15 is 0 Å². The maximum Gasteiger partial charge on any atom is 0.305 e. The summed E-state index contributed by atoms with van der Waals surface area (Å²) in [6.45, 7) is 8.34. The van der Waals surface area contributed by atoms with E-state index in [-0.39, 0.29) is 12.0 Å². The molecule has 0 amide bonds. The second kappa shape index (κ2) is 14.1. The zero-order valence-electron chi connectivity index (χ0n) is 24.6. The minimum atomic E-state index is -0.235. The predicted octanol–water partition coefficient (Wildman–Crippen LogP) is 5.82. The molecule has 1 N–H and O–H groups in total. The van der Waals surface area contributed by atoms with E-state index in [1.807, 2.05) is 61.1 Å². The molecule has 0 radical (unpaired) electrons. The van der Waals surface area contributed by atoms with Crippen LogP contribution < -0.4 is 19.5 Å². The predicted molar refractivity (Wildman–Crippen MR) is 161 cm³/mol. The van der Waals surface area contributed by atoms with Crippen molar-refractivity contribution in [3.63, 3.8) is 0 Å². The smallest absolute Gasteiger partial charge is 0.305 e. The molecule has 0 aliphatic carbocycles. The molecule has 10 heteroatoms. The topological polar surface area (TPSA) is 100 Å². The van der Waals surface area contributed by atoms with E-state index < -0.39 is 0 Å². The molecule has 2 aromatic heterocycles. The van der Waals surface area contributed by atoms with Crippen molar-refractivity contribution >= 4 is 23.1 Å². The van der Waals surface area contributed by atoms with Crippen LogP contribution in [0.1, 0.15) is 45.1 Å². The number of fused-ring (bicyclic) bond motifs is 1. The van der Waals surface area contributed by atoms with Gasteiger partial charge in [0.25, 0.3) is 6.01 Å². The highest BCUT2D eigenvalue weighted by molar-refractivity contribution is 5.76. The fourth-order valence-electron chi connectivity index (χ4n) is 5.23. The van der Waals surface area contributed by atoms with Crippen LogP contribution in [0.3, 0.4) is 0 Å². The van der Waals surface area contributed by atoms with Crippen LogP contribution in [0.15, 0.2) is 59.3 Å². The maximum atomic E-state index is 11.3. The third-order valence-corrected chi connectivity index (χ3v) is 7.26. The summed E-state index contributed by atoms with van der Waals surface area (Å²) in [7, 11) is 1.39. The van der Waals surface area contributed by atoms with Crippen molar-refractivity contribution in [3.8, 4) is 22.9 Å². The number of rotatable bonds is 14. The summed E-state index contributed by atoms with van der Waals surface area (Å²) >= 11 is 0. The summed E-state index contributed by atoms with van der Waals surface area (Å²) in [5.41, 5.74) is 3.55. The number of piperidine rings is 1. The van der Waals surface area contributed by atoms with Gasteiger partial charge in [0, 0.05) is 50.6 Å². The summed E-state index contributed by atoms with van der Waals surface area (Å²) in [4.78, 5) is 18.4. The molecule has 0 saturated carbocycles. The first-order chi connectivity index (χ1) is 20.6. The first-order valence-electron chi connectivity index (χ1n) is 14.7. The van der Waals surface area contributed by atoms with Crippen LogP contribution >= 0.6 is 0 Å². The van der Waals surface area contributed by atoms with Gasteiger partial charge in [-0.1, -0.05) is 0 Å². The Morgan fingerprint density at radius 1 is 1.02 bits per heavy atom. The zero-order chi connectivity index (χ0) is 29.3. The summed E-state index contributed by atoms with van der Waals surface area (Å²) in [5.74, 6) is 2.12. The highest BCUT2D eigenvalue weighted by Gasteiger charge is 2.22. The van der Waals surface area contributed by atoms with Crippen molar-refractivity contribution in [2.75, 3.05) is 45.3 Å². The second-order valence-electron chi connectivity index (χ2n) is 10.3. The first kappa shape index (κ1) is 29.3. The Hall–Kier alpha value is -4.18. The minimum Gasteiger partial charge on any atom is -0.493 e. The van der Waals surface area contributed by atoms with Crippen LogP contribution in [-0.2, 0) is 16.1 Å². The van der Waals surface area contributed by atoms with E-state index in [1.54, 1.807) is 0 Å². The Morgan fingerprint density at radius 3 is 2.40 bits per heavy atom. The second-order valence-corrected chi connectivity index (χ2v) is 10.3. The maximum absolute atomic E-state index is 11.3. The Labute approximate surface area is 246 Å². The lowest BCUT2D eigenvalue weighted by Crippen LogP contribution is -2.38. The number of benzene rings is 2. The van der Waals surface area contributed by atoms with Gasteiger partial charge in [-0.3, -0.25) is 9.69 Å². The van der Waals surface area contributed by atoms with Gasteiger partial charge >= 0.3 is 5.97 Å². The standard InChI is InChI=1S/C32H40N4O6/c1-4-39-28-19-23(20-29(40-5-2)31(28)36-14-6-7-15-36)22-35-16-12-24(13-17-35)33-32-34-26-21-25(10-11-27(26)42-32)41-18-8-9-30(37)38-3/h6-7,10-11,14-15,19-21,24H,4-5,8-9,12-13,16-18,22H2,1-3H3,(H,33,34). The van der Waals surface area contributed by atoms with Gasteiger partial charge in [0.05, 0.1) is 26.9 Å². The fraction of sp³-hybridized carbons (Fsp3) is 0.438.